The van der Waals surface area contributed by atoms with Crippen LogP contribution in [0.15, 0.2) is 48.9 Å². The molecular formula is C20H23BN4O4. The second kappa shape index (κ2) is 10.9. The molecule has 29 heavy (non-hydrogen) atoms. The van der Waals surface area contributed by atoms with Gasteiger partial charge in [0.15, 0.2) is 0 Å². The van der Waals surface area contributed by atoms with E-state index in [0.29, 0.717) is 0 Å². The van der Waals surface area contributed by atoms with Crippen molar-refractivity contribution in [1.29, 1.82) is 0 Å². The molecule has 0 bridgehead atoms. The van der Waals surface area contributed by atoms with E-state index in [-0.39, 0.29) is 18.0 Å². The van der Waals surface area contributed by atoms with Crippen molar-refractivity contribution in [2.75, 3.05) is 0 Å². The highest BCUT2D eigenvalue weighted by atomic mass is 16.4. The Balaban J connectivity index is 2.20. The van der Waals surface area contributed by atoms with Crippen molar-refractivity contribution in [2.24, 2.45) is 5.92 Å². The third kappa shape index (κ3) is 7.37. The molecule has 2 amide bonds. The molecule has 4 N–H and O–H groups in total. The summed E-state index contributed by atoms with van der Waals surface area (Å²) in [5, 5.41) is 24.2. The largest absolute Gasteiger partial charge is 0.488 e. The lowest BCUT2D eigenvalue weighted by Crippen LogP contribution is -2.54. The summed E-state index contributed by atoms with van der Waals surface area (Å²) >= 11 is 0. The maximum atomic E-state index is 12.8. The lowest BCUT2D eigenvalue weighted by Gasteiger charge is -2.21. The lowest BCUT2D eigenvalue weighted by molar-refractivity contribution is -0.123. The van der Waals surface area contributed by atoms with Crippen molar-refractivity contribution in [3.05, 3.63) is 60.2 Å². The summed E-state index contributed by atoms with van der Waals surface area (Å²) in [5.41, 5.74) is 0.887. The third-order valence-electron chi connectivity index (χ3n) is 3.82. The van der Waals surface area contributed by atoms with E-state index in [1.54, 1.807) is 0 Å². The summed E-state index contributed by atoms with van der Waals surface area (Å²) in [6, 6.07) is 8.16. The fourth-order valence-electron chi connectivity index (χ4n) is 2.40. The van der Waals surface area contributed by atoms with E-state index in [1.807, 2.05) is 44.2 Å². The van der Waals surface area contributed by atoms with Crippen LogP contribution in [0.4, 0.5) is 0 Å². The minimum Gasteiger partial charge on any atom is -0.425 e. The first-order valence-corrected chi connectivity index (χ1v) is 9.15. The molecule has 8 nitrogen and oxygen atoms in total. The number of hydrogen-bond acceptors (Lipinski definition) is 6. The number of rotatable bonds is 7. The number of nitrogens with zero attached hydrogens (tertiary/aromatic N) is 2. The van der Waals surface area contributed by atoms with Gasteiger partial charge in [-0.05, 0) is 5.56 Å². The van der Waals surface area contributed by atoms with Gasteiger partial charge in [-0.2, -0.15) is 0 Å². The molecule has 0 aliphatic heterocycles. The van der Waals surface area contributed by atoms with Gasteiger partial charge in [-0.15, -0.1) is 0 Å². The summed E-state index contributed by atoms with van der Waals surface area (Å²) in [4.78, 5) is 33.1. The molecule has 150 valence electrons. The molecule has 2 atom stereocenters. The topological polar surface area (TPSA) is 124 Å². The Hall–Kier alpha value is -3.22. The third-order valence-corrected chi connectivity index (χ3v) is 3.82. The number of benzene rings is 1. The maximum absolute atomic E-state index is 12.8. The van der Waals surface area contributed by atoms with Gasteiger partial charge in [0.25, 0.3) is 5.91 Å². The Morgan fingerprint density at radius 2 is 1.83 bits per heavy atom. The normalized spacial score (nSPS) is 12.3. The predicted octanol–water partition coefficient (Wildman–Crippen LogP) is -0.0261. The van der Waals surface area contributed by atoms with Crippen molar-refractivity contribution in [1.82, 2.24) is 20.6 Å². The summed E-state index contributed by atoms with van der Waals surface area (Å²) in [6.45, 7) is 3.68. The van der Waals surface area contributed by atoms with Crippen LogP contribution in [0.3, 0.4) is 0 Å². The zero-order chi connectivity index (χ0) is 21.2. The molecule has 2 aromatic rings. The van der Waals surface area contributed by atoms with Crippen LogP contribution in [-0.4, -0.2) is 50.9 Å². The van der Waals surface area contributed by atoms with Crippen LogP contribution in [-0.2, 0) is 11.2 Å². The van der Waals surface area contributed by atoms with Crippen molar-refractivity contribution in [3.8, 4) is 11.8 Å². The smallest absolute Gasteiger partial charge is 0.425 e. The molecule has 0 spiro atoms. The monoisotopic (exact) mass is 394 g/mol. The van der Waals surface area contributed by atoms with Crippen LogP contribution in [0.5, 0.6) is 0 Å². The fourth-order valence-corrected chi connectivity index (χ4v) is 2.40. The molecule has 0 unspecified atom stereocenters. The van der Waals surface area contributed by atoms with Gasteiger partial charge in [0.05, 0.1) is 6.20 Å². The van der Waals surface area contributed by atoms with Gasteiger partial charge in [-0.3, -0.25) is 14.6 Å². The first-order chi connectivity index (χ1) is 13.9. The van der Waals surface area contributed by atoms with E-state index < -0.39 is 30.9 Å². The minimum absolute atomic E-state index is 0.00961. The lowest BCUT2D eigenvalue weighted by atomic mass is 9.79. The average molecular weight is 394 g/mol. The van der Waals surface area contributed by atoms with E-state index in [1.165, 1.54) is 18.6 Å². The summed E-state index contributed by atoms with van der Waals surface area (Å²) in [7, 11) is -1.86. The molecule has 1 heterocycles. The number of nitrogens with one attached hydrogen (secondary N) is 2. The second-order valence-corrected chi connectivity index (χ2v) is 6.65. The number of carbonyl (C=O) groups excluding carboxylic acids is 2. The molecule has 0 aliphatic carbocycles. The van der Waals surface area contributed by atoms with Gasteiger partial charge < -0.3 is 20.7 Å². The van der Waals surface area contributed by atoms with Gasteiger partial charge in [-0.1, -0.05) is 56.0 Å². The van der Waals surface area contributed by atoms with Crippen LogP contribution < -0.4 is 10.6 Å². The van der Waals surface area contributed by atoms with Crippen LogP contribution in [0, 0.1) is 17.8 Å². The quantitative estimate of drug-likeness (QED) is 0.386. The number of hydrogen-bond donors (Lipinski definition) is 4. The first-order valence-electron chi connectivity index (χ1n) is 9.15. The molecule has 0 radical (unpaired) electrons. The van der Waals surface area contributed by atoms with Crippen LogP contribution in [0.2, 0.25) is 0 Å². The molecule has 1 aromatic carbocycles. The highest BCUT2D eigenvalue weighted by molar-refractivity contribution is 6.45. The predicted molar refractivity (Wildman–Crippen MR) is 108 cm³/mol. The molecule has 1 aromatic heterocycles. The van der Waals surface area contributed by atoms with E-state index in [9.17, 15) is 19.6 Å². The zero-order valence-electron chi connectivity index (χ0n) is 16.2. The van der Waals surface area contributed by atoms with E-state index in [2.05, 4.69) is 32.4 Å². The highest BCUT2D eigenvalue weighted by Crippen LogP contribution is 2.05. The highest BCUT2D eigenvalue weighted by Gasteiger charge is 2.29. The standard InChI is InChI=1S/C20H23BN4O4/c1-14(2)8-9-18(21(28)29)25-19(26)16(12-15-6-4-3-5-7-15)24-20(27)17-13-22-10-11-23-17/h3-7,10-11,13-14,16,18,28-29H,12H2,1-2H3,(H,24,27)(H,25,26)/t16-,18-/m0/s1. The average Bonchev–Trinajstić information content (AvgIpc) is 2.71. The summed E-state index contributed by atoms with van der Waals surface area (Å²) in [5.74, 6) is 3.08. The Kier molecular flexibility index (Phi) is 8.34. The minimum atomic E-state index is -1.86. The molecule has 0 saturated carbocycles. The molecule has 9 heteroatoms. The van der Waals surface area contributed by atoms with E-state index >= 15 is 0 Å². The van der Waals surface area contributed by atoms with Gasteiger partial charge in [0.1, 0.15) is 17.7 Å². The van der Waals surface area contributed by atoms with E-state index in [4.69, 9.17) is 0 Å². The summed E-state index contributed by atoms with van der Waals surface area (Å²) in [6.07, 6.45) is 4.30. The molecule has 0 aliphatic rings. The van der Waals surface area contributed by atoms with Gasteiger partial charge in [-0.25, -0.2) is 4.98 Å². The molecule has 0 saturated heterocycles. The maximum Gasteiger partial charge on any atom is 0.488 e. The van der Waals surface area contributed by atoms with Crippen molar-refractivity contribution >= 4 is 18.9 Å². The Labute approximate surface area is 169 Å². The van der Waals surface area contributed by atoms with Crippen LogP contribution in [0.1, 0.15) is 29.9 Å². The van der Waals surface area contributed by atoms with Crippen LogP contribution >= 0.6 is 0 Å². The fraction of sp³-hybridized carbons (Fsp3) is 0.300. The van der Waals surface area contributed by atoms with Gasteiger partial charge in [0, 0.05) is 24.7 Å². The molecular weight excluding hydrogens is 371 g/mol. The first kappa shape index (κ1) is 22.1. The van der Waals surface area contributed by atoms with Gasteiger partial charge in [0.2, 0.25) is 5.91 Å². The molecule has 0 fully saturated rings. The number of aromatic nitrogens is 2. The van der Waals surface area contributed by atoms with Crippen LogP contribution in [0.25, 0.3) is 0 Å². The van der Waals surface area contributed by atoms with Crippen molar-refractivity contribution in [2.45, 2.75) is 32.3 Å². The summed E-state index contributed by atoms with van der Waals surface area (Å²) < 4.78 is 0. The van der Waals surface area contributed by atoms with Gasteiger partial charge >= 0.3 is 7.12 Å². The molecule has 2 rings (SSSR count). The second-order valence-electron chi connectivity index (χ2n) is 6.65. The van der Waals surface area contributed by atoms with E-state index in [0.717, 1.165) is 5.56 Å². The Bertz CT molecular complexity index is 866. The van der Waals surface area contributed by atoms with Crippen molar-refractivity contribution in [3.63, 3.8) is 0 Å². The Morgan fingerprint density at radius 1 is 1.10 bits per heavy atom. The number of carbonyl (C=O) groups is 2. The number of amides is 2. The SMILES string of the molecule is CC(C)C#C[C@H](NC(=O)[C@H](Cc1ccccc1)NC(=O)c1cnccn1)B(O)O. The van der Waals surface area contributed by atoms with Crippen molar-refractivity contribution < 1.29 is 19.6 Å². The Morgan fingerprint density at radius 3 is 2.41 bits per heavy atom. The zero-order valence-corrected chi connectivity index (χ0v) is 16.2.